The summed E-state index contributed by atoms with van der Waals surface area (Å²) in [6.07, 6.45) is 2.43. The lowest BCUT2D eigenvalue weighted by Gasteiger charge is -2.13. The molecule has 3 N–H and O–H groups in total. The molecular formula is C20H18N4O2. The van der Waals surface area contributed by atoms with Crippen LogP contribution in [0.2, 0.25) is 0 Å². The van der Waals surface area contributed by atoms with Gasteiger partial charge in [-0.1, -0.05) is 42.5 Å². The molecule has 130 valence electrons. The van der Waals surface area contributed by atoms with Gasteiger partial charge in [0.2, 0.25) is 0 Å². The van der Waals surface area contributed by atoms with Gasteiger partial charge in [0.1, 0.15) is 6.04 Å². The Kier molecular flexibility index (Phi) is 4.23. The summed E-state index contributed by atoms with van der Waals surface area (Å²) in [6, 6.07) is 16.3. The van der Waals surface area contributed by atoms with E-state index in [-0.39, 0.29) is 11.9 Å². The summed E-state index contributed by atoms with van der Waals surface area (Å²) in [5.74, 6) is -0.223. The predicted octanol–water partition coefficient (Wildman–Crippen LogP) is 2.77. The van der Waals surface area contributed by atoms with E-state index >= 15 is 0 Å². The molecule has 26 heavy (non-hydrogen) atoms. The molecule has 0 aliphatic carbocycles. The average Bonchev–Trinajstić information content (AvgIpc) is 2.97. The van der Waals surface area contributed by atoms with E-state index in [1.807, 2.05) is 54.6 Å². The van der Waals surface area contributed by atoms with Crippen LogP contribution in [0.5, 0.6) is 0 Å². The van der Waals surface area contributed by atoms with Crippen LogP contribution in [0.4, 0.5) is 10.5 Å². The molecule has 3 aromatic rings. The number of para-hydroxylation sites is 2. The Bertz CT molecular complexity index is 981. The first-order valence-electron chi connectivity index (χ1n) is 8.49. The summed E-state index contributed by atoms with van der Waals surface area (Å²) in [5.41, 5.74) is 3.55. The van der Waals surface area contributed by atoms with Gasteiger partial charge < -0.3 is 16.0 Å². The van der Waals surface area contributed by atoms with Crippen molar-refractivity contribution in [3.63, 3.8) is 0 Å². The number of amides is 3. The van der Waals surface area contributed by atoms with Crippen LogP contribution in [-0.4, -0.2) is 23.5 Å². The topological polar surface area (TPSA) is 83.1 Å². The molecular weight excluding hydrogens is 328 g/mol. The number of nitrogens with one attached hydrogen (secondary N) is 3. The van der Waals surface area contributed by atoms with E-state index in [4.69, 9.17) is 0 Å². The first-order chi connectivity index (χ1) is 12.7. The van der Waals surface area contributed by atoms with Crippen molar-refractivity contribution in [1.82, 2.24) is 15.6 Å². The molecule has 3 amide bonds. The van der Waals surface area contributed by atoms with Crippen molar-refractivity contribution in [3.8, 4) is 0 Å². The molecule has 0 spiro atoms. The molecule has 0 unspecified atom stereocenters. The van der Waals surface area contributed by atoms with Crippen molar-refractivity contribution in [2.24, 2.45) is 0 Å². The van der Waals surface area contributed by atoms with Gasteiger partial charge in [-0.05, 0) is 24.1 Å². The Morgan fingerprint density at radius 1 is 1.08 bits per heavy atom. The van der Waals surface area contributed by atoms with E-state index in [9.17, 15) is 9.59 Å². The third-order valence-electron chi connectivity index (χ3n) is 4.46. The Morgan fingerprint density at radius 2 is 1.92 bits per heavy atom. The predicted molar refractivity (Wildman–Crippen MR) is 99.8 cm³/mol. The number of fused-ring (bicyclic) bond motifs is 2. The Morgan fingerprint density at radius 3 is 2.85 bits per heavy atom. The Balaban J connectivity index is 1.37. The molecule has 0 saturated heterocycles. The summed E-state index contributed by atoms with van der Waals surface area (Å²) in [4.78, 5) is 28.7. The average molecular weight is 346 g/mol. The van der Waals surface area contributed by atoms with E-state index < -0.39 is 6.04 Å². The highest BCUT2D eigenvalue weighted by Gasteiger charge is 2.31. The van der Waals surface area contributed by atoms with Crippen LogP contribution in [-0.2, 0) is 11.2 Å². The van der Waals surface area contributed by atoms with Gasteiger partial charge in [0.05, 0.1) is 5.52 Å². The van der Waals surface area contributed by atoms with Crippen LogP contribution in [0.3, 0.4) is 0 Å². The fourth-order valence-electron chi connectivity index (χ4n) is 3.21. The van der Waals surface area contributed by atoms with Gasteiger partial charge in [-0.3, -0.25) is 9.78 Å². The highest BCUT2D eigenvalue weighted by molar-refractivity contribution is 6.04. The number of nitrogens with zero attached hydrogens (tertiary/aromatic N) is 1. The summed E-state index contributed by atoms with van der Waals surface area (Å²) < 4.78 is 0. The van der Waals surface area contributed by atoms with Crippen molar-refractivity contribution in [1.29, 1.82) is 0 Å². The van der Waals surface area contributed by atoms with E-state index in [1.54, 1.807) is 6.20 Å². The van der Waals surface area contributed by atoms with Crippen LogP contribution in [0, 0.1) is 0 Å². The van der Waals surface area contributed by atoms with Gasteiger partial charge >= 0.3 is 6.03 Å². The first kappa shape index (κ1) is 16.1. The van der Waals surface area contributed by atoms with E-state index in [0.717, 1.165) is 27.7 Å². The number of carbonyl (C=O) groups is 2. The van der Waals surface area contributed by atoms with E-state index in [1.165, 1.54) is 0 Å². The van der Waals surface area contributed by atoms with Crippen LogP contribution >= 0.6 is 0 Å². The quantitative estimate of drug-likeness (QED) is 0.679. The number of carbonyl (C=O) groups excluding carboxylic acids is 2. The maximum absolute atomic E-state index is 12.2. The number of pyridine rings is 1. The smallest absolute Gasteiger partial charge is 0.315 e. The molecule has 0 fully saturated rings. The SMILES string of the molecule is O=C(NCCc1cccc2cccnc12)N[C@H]1C(=O)Nc2ccccc21. The van der Waals surface area contributed by atoms with Crippen LogP contribution in [0.15, 0.2) is 60.8 Å². The van der Waals surface area contributed by atoms with Gasteiger partial charge in [0.25, 0.3) is 5.91 Å². The van der Waals surface area contributed by atoms with Crippen molar-refractivity contribution in [3.05, 3.63) is 71.9 Å². The number of anilines is 1. The normalized spacial score (nSPS) is 15.4. The molecule has 1 aliphatic heterocycles. The molecule has 1 atom stereocenters. The van der Waals surface area contributed by atoms with E-state index in [0.29, 0.717) is 13.0 Å². The number of aromatic nitrogens is 1. The number of benzene rings is 2. The zero-order valence-electron chi connectivity index (χ0n) is 14.0. The van der Waals surface area contributed by atoms with Crippen molar-refractivity contribution in [2.45, 2.75) is 12.5 Å². The molecule has 0 saturated carbocycles. The minimum atomic E-state index is -0.662. The van der Waals surface area contributed by atoms with Gasteiger partial charge in [-0.2, -0.15) is 0 Å². The molecule has 0 bridgehead atoms. The number of urea groups is 1. The minimum Gasteiger partial charge on any atom is -0.338 e. The van der Waals surface area contributed by atoms with E-state index in [2.05, 4.69) is 20.9 Å². The lowest BCUT2D eigenvalue weighted by atomic mass is 10.1. The molecule has 4 rings (SSSR count). The maximum atomic E-state index is 12.2. The lowest BCUT2D eigenvalue weighted by Crippen LogP contribution is -2.41. The lowest BCUT2D eigenvalue weighted by molar-refractivity contribution is -0.117. The zero-order chi connectivity index (χ0) is 17.9. The third kappa shape index (κ3) is 3.09. The van der Waals surface area contributed by atoms with Gasteiger partial charge in [-0.25, -0.2) is 4.79 Å². The highest BCUT2D eigenvalue weighted by Crippen LogP contribution is 2.29. The van der Waals surface area contributed by atoms with Crippen LogP contribution < -0.4 is 16.0 Å². The molecule has 2 aromatic carbocycles. The van der Waals surface area contributed by atoms with Gasteiger partial charge in [0, 0.05) is 29.4 Å². The molecule has 1 aliphatic rings. The van der Waals surface area contributed by atoms with Crippen LogP contribution in [0.1, 0.15) is 17.2 Å². The van der Waals surface area contributed by atoms with Crippen molar-refractivity contribution >= 4 is 28.5 Å². The second kappa shape index (κ2) is 6.84. The molecule has 2 heterocycles. The Labute approximate surface area is 150 Å². The highest BCUT2D eigenvalue weighted by atomic mass is 16.2. The standard InChI is InChI=1S/C20H18N4O2/c25-19-18(15-8-1-2-9-16(15)23-19)24-20(26)22-12-10-14-6-3-5-13-7-4-11-21-17(13)14/h1-9,11,18H,10,12H2,(H,23,25)(H2,22,24,26)/t18-/m1/s1. The maximum Gasteiger partial charge on any atom is 0.315 e. The third-order valence-corrected chi connectivity index (χ3v) is 4.46. The fraction of sp³-hybridized carbons (Fsp3) is 0.150. The second-order valence-corrected chi connectivity index (χ2v) is 6.15. The van der Waals surface area contributed by atoms with Crippen LogP contribution in [0.25, 0.3) is 10.9 Å². The van der Waals surface area contributed by atoms with Gasteiger partial charge in [-0.15, -0.1) is 0 Å². The van der Waals surface area contributed by atoms with Crippen molar-refractivity contribution in [2.75, 3.05) is 11.9 Å². The number of hydrogen-bond donors (Lipinski definition) is 3. The number of rotatable bonds is 4. The van der Waals surface area contributed by atoms with Gasteiger partial charge in [0.15, 0.2) is 0 Å². The summed E-state index contributed by atoms with van der Waals surface area (Å²) in [6.45, 7) is 0.456. The van der Waals surface area contributed by atoms with Crippen molar-refractivity contribution < 1.29 is 9.59 Å². The molecule has 1 aromatic heterocycles. The minimum absolute atomic E-state index is 0.223. The first-order valence-corrected chi connectivity index (χ1v) is 8.49. The summed E-state index contributed by atoms with van der Waals surface area (Å²) >= 11 is 0. The summed E-state index contributed by atoms with van der Waals surface area (Å²) in [7, 11) is 0. The zero-order valence-corrected chi connectivity index (χ0v) is 14.0. The summed E-state index contributed by atoms with van der Waals surface area (Å²) in [5, 5.41) is 9.39. The molecule has 6 heteroatoms. The molecule has 6 nitrogen and oxygen atoms in total. The largest absolute Gasteiger partial charge is 0.338 e. The second-order valence-electron chi connectivity index (χ2n) is 6.15. The Hall–Kier alpha value is -3.41. The molecule has 0 radical (unpaired) electrons. The fourth-order valence-corrected chi connectivity index (χ4v) is 3.21. The number of hydrogen-bond acceptors (Lipinski definition) is 3. The monoisotopic (exact) mass is 346 g/mol.